The molecule has 1 saturated heterocycles. The van der Waals surface area contributed by atoms with E-state index in [9.17, 15) is 14.0 Å². The zero-order valence-corrected chi connectivity index (χ0v) is 16.2. The third kappa shape index (κ3) is 4.20. The van der Waals surface area contributed by atoms with Gasteiger partial charge >= 0.3 is 5.97 Å². The van der Waals surface area contributed by atoms with Gasteiger partial charge in [0.2, 0.25) is 5.91 Å². The molecule has 0 bridgehead atoms. The van der Waals surface area contributed by atoms with Gasteiger partial charge in [0.05, 0.1) is 25.8 Å². The van der Waals surface area contributed by atoms with Gasteiger partial charge in [-0.05, 0) is 35.9 Å². The molecule has 28 heavy (non-hydrogen) atoms. The Balaban J connectivity index is 1.65. The van der Waals surface area contributed by atoms with Crippen molar-refractivity contribution in [2.24, 2.45) is 5.92 Å². The molecular weight excluding hydrogens is 389 g/mol. The lowest BCUT2D eigenvalue weighted by Crippen LogP contribution is -2.26. The molecule has 1 fully saturated rings. The van der Waals surface area contributed by atoms with Crippen molar-refractivity contribution >= 4 is 29.2 Å². The fourth-order valence-corrected chi connectivity index (χ4v) is 3.21. The van der Waals surface area contributed by atoms with Crippen molar-refractivity contribution in [2.45, 2.75) is 13.0 Å². The summed E-state index contributed by atoms with van der Waals surface area (Å²) in [7, 11) is 2.86. The zero-order chi connectivity index (χ0) is 20.3. The van der Waals surface area contributed by atoms with E-state index in [2.05, 4.69) is 0 Å². The normalized spacial score (nSPS) is 16.2. The second-order valence-corrected chi connectivity index (χ2v) is 6.73. The Kier molecular flexibility index (Phi) is 6.04. The predicted molar refractivity (Wildman–Crippen MR) is 101 cm³/mol. The number of nitrogens with zero attached hydrogens (tertiary/aromatic N) is 1. The van der Waals surface area contributed by atoms with Gasteiger partial charge in [-0.15, -0.1) is 0 Å². The van der Waals surface area contributed by atoms with Gasteiger partial charge in [-0.1, -0.05) is 17.7 Å². The molecule has 1 aliphatic heterocycles. The van der Waals surface area contributed by atoms with Crippen molar-refractivity contribution < 1.29 is 28.2 Å². The van der Waals surface area contributed by atoms with Crippen molar-refractivity contribution in [2.75, 3.05) is 25.7 Å². The van der Waals surface area contributed by atoms with Crippen LogP contribution in [0.25, 0.3) is 0 Å². The van der Waals surface area contributed by atoms with Crippen LogP contribution in [0.1, 0.15) is 12.0 Å². The van der Waals surface area contributed by atoms with E-state index in [1.54, 1.807) is 24.3 Å². The third-order valence-electron chi connectivity index (χ3n) is 4.49. The number of hydrogen-bond acceptors (Lipinski definition) is 5. The minimum absolute atomic E-state index is 0.0193. The first-order valence-electron chi connectivity index (χ1n) is 8.56. The summed E-state index contributed by atoms with van der Waals surface area (Å²) in [5.41, 5.74) is 0.997. The van der Waals surface area contributed by atoms with Gasteiger partial charge in [0.15, 0.2) is 11.6 Å². The summed E-state index contributed by atoms with van der Waals surface area (Å²) in [6.45, 7) is 0.0657. The Hall–Kier alpha value is -2.80. The first kappa shape index (κ1) is 19.9. The van der Waals surface area contributed by atoms with E-state index in [1.165, 1.54) is 31.3 Å². The molecule has 0 spiro atoms. The van der Waals surface area contributed by atoms with E-state index in [-0.39, 0.29) is 31.2 Å². The van der Waals surface area contributed by atoms with Crippen LogP contribution in [0.15, 0.2) is 36.4 Å². The summed E-state index contributed by atoms with van der Waals surface area (Å²) in [4.78, 5) is 26.3. The average Bonchev–Trinajstić information content (AvgIpc) is 3.07. The van der Waals surface area contributed by atoms with Crippen LogP contribution in [0.5, 0.6) is 11.5 Å². The second-order valence-electron chi connectivity index (χ2n) is 6.30. The van der Waals surface area contributed by atoms with Gasteiger partial charge in [-0.25, -0.2) is 4.39 Å². The number of rotatable bonds is 6. The topological polar surface area (TPSA) is 65.1 Å². The number of ether oxygens (including phenoxy) is 3. The second kappa shape index (κ2) is 8.48. The largest absolute Gasteiger partial charge is 0.495 e. The van der Waals surface area contributed by atoms with Crippen LogP contribution in [0.3, 0.4) is 0 Å². The molecule has 1 aliphatic rings. The predicted octanol–water partition coefficient (Wildman–Crippen LogP) is 3.59. The molecule has 0 aliphatic carbocycles. The molecule has 1 heterocycles. The minimum atomic E-state index is -0.626. The highest BCUT2D eigenvalue weighted by molar-refractivity contribution is 6.31. The van der Waals surface area contributed by atoms with Crippen LogP contribution in [0.2, 0.25) is 5.02 Å². The number of anilines is 1. The molecule has 0 unspecified atom stereocenters. The van der Waals surface area contributed by atoms with E-state index in [4.69, 9.17) is 25.8 Å². The number of benzene rings is 2. The molecule has 1 atom stereocenters. The summed E-state index contributed by atoms with van der Waals surface area (Å²) in [6.07, 6.45) is 0.0193. The third-order valence-corrected chi connectivity index (χ3v) is 4.72. The van der Waals surface area contributed by atoms with Crippen LogP contribution in [0.4, 0.5) is 10.1 Å². The first-order chi connectivity index (χ1) is 13.4. The fourth-order valence-electron chi connectivity index (χ4n) is 3.04. The summed E-state index contributed by atoms with van der Waals surface area (Å²) >= 11 is 6.03. The molecule has 8 heteroatoms. The van der Waals surface area contributed by atoms with E-state index >= 15 is 0 Å². The van der Waals surface area contributed by atoms with Gasteiger partial charge < -0.3 is 19.1 Å². The van der Waals surface area contributed by atoms with E-state index in [1.807, 2.05) is 0 Å². The molecule has 0 radical (unpaired) electrons. The lowest BCUT2D eigenvalue weighted by Gasteiger charge is -2.19. The molecule has 1 amide bonds. The molecule has 0 aromatic heterocycles. The van der Waals surface area contributed by atoms with Crippen molar-refractivity contribution in [1.82, 2.24) is 0 Å². The summed E-state index contributed by atoms with van der Waals surface area (Å²) < 4.78 is 29.1. The van der Waals surface area contributed by atoms with Crippen molar-refractivity contribution in [3.63, 3.8) is 0 Å². The maximum atomic E-state index is 13.7. The lowest BCUT2D eigenvalue weighted by atomic mass is 10.1. The Morgan fingerprint density at radius 1 is 1.18 bits per heavy atom. The molecule has 148 valence electrons. The SMILES string of the molecule is COc1ccc(COC(=O)[C@@H]2CC(=O)N(c3cc(Cl)ccc3OC)C2)cc1F. The van der Waals surface area contributed by atoms with Gasteiger partial charge in [0.1, 0.15) is 12.4 Å². The minimum Gasteiger partial charge on any atom is -0.495 e. The molecule has 2 aromatic carbocycles. The molecule has 0 N–H and O–H groups in total. The van der Waals surface area contributed by atoms with Crippen LogP contribution in [-0.4, -0.2) is 32.6 Å². The number of halogens is 2. The number of hydrogen-bond donors (Lipinski definition) is 0. The highest BCUT2D eigenvalue weighted by Crippen LogP contribution is 2.35. The highest BCUT2D eigenvalue weighted by Gasteiger charge is 2.37. The standard InChI is InChI=1S/C20H19ClFNO5/c1-26-17-5-3-12(7-15(17)22)11-28-20(25)13-8-19(24)23(10-13)16-9-14(21)4-6-18(16)27-2/h3-7,9,13H,8,10-11H2,1-2H3/t13-/m1/s1. The lowest BCUT2D eigenvalue weighted by molar-refractivity contribution is -0.149. The Labute approximate surface area is 166 Å². The number of methoxy groups -OCH3 is 2. The molecule has 3 rings (SSSR count). The van der Waals surface area contributed by atoms with E-state index in [0.717, 1.165) is 0 Å². The summed E-state index contributed by atoms with van der Waals surface area (Å²) in [5, 5.41) is 0.455. The van der Waals surface area contributed by atoms with Crippen LogP contribution in [0, 0.1) is 11.7 Å². The fraction of sp³-hybridized carbons (Fsp3) is 0.300. The monoisotopic (exact) mass is 407 g/mol. The Morgan fingerprint density at radius 3 is 2.57 bits per heavy atom. The number of carbonyl (C=O) groups is 2. The number of amides is 1. The maximum absolute atomic E-state index is 13.7. The smallest absolute Gasteiger partial charge is 0.311 e. The van der Waals surface area contributed by atoms with Crippen LogP contribution < -0.4 is 14.4 Å². The zero-order valence-electron chi connectivity index (χ0n) is 15.4. The van der Waals surface area contributed by atoms with E-state index in [0.29, 0.717) is 22.0 Å². The van der Waals surface area contributed by atoms with E-state index < -0.39 is 17.7 Å². The van der Waals surface area contributed by atoms with Crippen LogP contribution in [-0.2, 0) is 20.9 Å². The van der Waals surface area contributed by atoms with Gasteiger partial charge in [0, 0.05) is 18.0 Å². The molecule has 6 nitrogen and oxygen atoms in total. The molecule has 2 aromatic rings. The summed E-state index contributed by atoms with van der Waals surface area (Å²) in [5.74, 6) is -1.31. The van der Waals surface area contributed by atoms with Crippen molar-refractivity contribution in [3.05, 3.63) is 52.8 Å². The molecular formula is C20H19ClFNO5. The van der Waals surface area contributed by atoms with Gasteiger partial charge in [-0.3, -0.25) is 9.59 Å². The number of esters is 1. The number of carbonyl (C=O) groups excluding carboxylic acids is 2. The molecule has 0 saturated carbocycles. The Bertz CT molecular complexity index is 904. The Morgan fingerprint density at radius 2 is 1.89 bits per heavy atom. The van der Waals surface area contributed by atoms with Gasteiger partial charge in [0.25, 0.3) is 0 Å². The van der Waals surface area contributed by atoms with Crippen LogP contribution >= 0.6 is 11.6 Å². The quantitative estimate of drug-likeness (QED) is 0.685. The van der Waals surface area contributed by atoms with Gasteiger partial charge in [-0.2, -0.15) is 0 Å². The first-order valence-corrected chi connectivity index (χ1v) is 8.93. The summed E-state index contributed by atoms with van der Waals surface area (Å²) in [6, 6.07) is 9.25. The average molecular weight is 408 g/mol. The highest BCUT2D eigenvalue weighted by atomic mass is 35.5. The maximum Gasteiger partial charge on any atom is 0.311 e. The van der Waals surface area contributed by atoms with Crippen molar-refractivity contribution in [1.29, 1.82) is 0 Å². The van der Waals surface area contributed by atoms with Crippen molar-refractivity contribution in [3.8, 4) is 11.5 Å².